The van der Waals surface area contributed by atoms with E-state index < -0.39 is 10.0 Å². The average molecular weight is 343 g/mol. The minimum Gasteiger partial charge on any atom is -0.491 e. The quantitative estimate of drug-likeness (QED) is 0.750. The molecule has 1 unspecified atom stereocenters. The predicted molar refractivity (Wildman–Crippen MR) is 94.5 cm³/mol. The van der Waals surface area contributed by atoms with E-state index in [1.165, 1.54) is 0 Å². The maximum absolute atomic E-state index is 12.4. The van der Waals surface area contributed by atoms with Crippen molar-refractivity contribution in [3.63, 3.8) is 0 Å². The van der Waals surface area contributed by atoms with E-state index in [1.54, 1.807) is 18.2 Å². The Hall–Kier alpha value is -1.11. The summed E-state index contributed by atoms with van der Waals surface area (Å²) in [5, 5.41) is 0. The molecule has 0 radical (unpaired) electrons. The average Bonchev–Trinajstić information content (AvgIpc) is 2.47. The zero-order valence-electron chi connectivity index (χ0n) is 15.1. The molecule has 0 saturated carbocycles. The molecule has 0 aliphatic heterocycles. The lowest BCUT2D eigenvalue weighted by Crippen LogP contribution is -2.37. The molecule has 1 rings (SSSR count). The second-order valence-corrected chi connectivity index (χ2v) is 8.00. The number of aryl methyl sites for hydroxylation is 1. The zero-order chi connectivity index (χ0) is 17.6. The van der Waals surface area contributed by atoms with Gasteiger partial charge in [0.15, 0.2) is 0 Å². The van der Waals surface area contributed by atoms with Crippen LogP contribution in [0.3, 0.4) is 0 Å². The molecule has 1 aromatic carbocycles. The third-order valence-corrected chi connectivity index (χ3v) is 5.38. The van der Waals surface area contributed by atoms with Gasteiger partial charge in [-0.05, 0) is 64.9 Å². The fraction of sp³-hybridized carbons (Fsp3) is 0.647. The number of benzene rings is 1. The summed E-state index contributed by atoms with van der Waals surface area (Å²) in [4.78, 5) is 2.42. The van der Waals surface area contributed by atoms with Crippen LogP contribution >= 0.6 is 0 Å². The van der Waals surface area contributed by atoms with Gasteiger partial charge in [-0.3, -0.25) is 0 Å². The first kappa shape index (κ1) is 19.9. The Morgan fingerprint density at radius 3 is 2.43 bits per heavy atom. The molecule has 0 amide bonds. The van der Waals surface area contributed by atoms with Gasteiger partial charge in [0, 0.05) is 19.1 Å². The highest BCUT2D eigenvalue weighted by Gasteiger charge is 2.16. The third kappa shape index (κ3) is 6.12. The van der Waals surface area contributed by atoms with Gasteiger partial charge in [-0.15, -0.1) is 0 Å². The van der Waals surface area contributed by atoms with Crippen LogP contribution in [-0.2, 0) is 10.0 Å². The number of nitrogens with zero attached hydrogens (tertiary/aromatic N) is 1. The number of hydrogen-bond donors (Lipinski definition) is 1. The second kappa shape index (κ2) is 8.66. The molecular formula is C17H30N2O3S. The number of hydrogen-bond acceptors (Lipinski definition) is 4. The molecular weight excluding hydrogens is 312 g/mol. The third-order valence-electron chi connectivity index (χ3n) is 3.92. The van der Waals surface area contributed by atoms with Gasteiger partial charge in [-0.25, -0.2) is 13.1 Å². The van der Waals surface area contributed by atoms with Crippen molar-refractivity contribution in [1.82, 2.24) is 9.62 Å². The van der Waals surface area contributed by atoms with Crippen LogP contribution in [0, 0.1) is 6.92 Å². The lowest BCUT2D eigenvalue weighted by Gasteiger charge is -2.23. The number of rotatable bonds is 9. The maximum Gasteiger partial charge on any atom is 0.240 e. The van der Waals surface area contributed by atoms with Crippen LogP contribution in [0.4, 0.5) is 0 Å². The fourth-order valence-electron chi connectivity index (χ4n) is 2.15. The molecule has 0 saturated heterocycles. The summed E-state index contributed by atoms with van der Waals surface area (Å²) in [6.45, 7) is 11.1. The lowest BCUT2D eigenvalue weighted by molar-refractivity contribution is 0.240. The van der Waals surface area contributed by atoms with Crippen LogP contribution in [0.15, 0.2) is 23.1 Å². The molecule has 1 aromatic rings. The van der Waals surface area contributed by atoms with E-state index in [0.29, 0.717) is 19.1 Å². The van der Waals surface area contributed by atoms with Gasteiger partial charge < -0.3 is 9.64 Å². The van der Waals surface area contributed by atoms with Crippen LogP contribution in [0.5, 0.6) is 5.75 Å². The van der Waals surface area contributed by atoms with E-state index in [-0.39, 0.29) is 11.0 Å². The highest BCUT2D eigenvalue weighted by atomic mass is 32.2. The van der Waals surface area contributed by atoms with E-state index in [2.05, 4.69) is 23.5 Å². The lowest BCUT2D eigenvalue weighted by atomic mass is 10.2. The second-order valence-electron chi connectivity index (χ2n) is 6.23. The first-order valence-electron chi connectivity index (χ1n) is 8.14. The molecule has 132 valence electrons. The summed E-state index contributed by atoms with van der Waals surface area (Å²) in [6, 6.07) is 5.40. The summed E-state index contributed by atoms with van der Waals surface area (Å²) in [5.74, 6) is 0.718. The monoisotopic (exact) mass is 342 g/mol. The van der Waals surface area contributed by atoms with Gasteiger partial charge in [0.05, 0.1) is 11.0 Å². The molecule has 23 heavy (non-hydrogen) atoms. The minimum atomic E-state index is -3.49. The Morgan fingerprint density at radius 2 is 1.91 bits per heavy atom. The maximum atomic E-state index is 12.4. The van der Waals surface area contributed by atoms with Crippen molar-refractivity contribution in [2.45, 2.75) is 58.1 Å². The Labute approximate surface area is 141 Å². The first-order chi connectivity index (χ1) is 10.7. The Balaban J connectivity index is 2.71. The Bertz CT molecular complexity index is 600. The number of likely N-dealkylation sites (N-methyl/N-ethyl adjacent to an activating group) is 1. The van der Waals surface area contributed by atoms with Gasteiger partial charge in [-0.2, -0.15) is 0 Å². The number of ether oxygens (including phenoxy) is 1. The van der Waals surface area contributed by atoms with E-state index in [1.807, 2.05) is 27.8 Å². The van der Waals surface area contributed by atoms with Crippen molar-refractivity contribution in [2.24, 2.45) is 0 Å². The smallest absolute Gasteiger partial charge is 0.240 e. The van der Waals surface area contributed by atoms with Gasteiger partial charge in [-0.1, -0.05) is 6.92 Å². The van der Waals surface area contributed by atoms with Crippen molar-refractivity contribution in [1.29, 1.82) is 0 Å². The fourth-order valence-corrected chi connectivity index (χ4v) is 3.25. The SMILES string of the molecule is CCC(C)N(C)CCNS(=O)(=O)c1ccc(OC(C)C)c(C)c1. The van der Waals surface area contributed by atoms with Crippen molar-refractivity contribution in [3.05, 3.63) is 23.8 Å². The van der Waals surface area contributed by atoms with Crippen LogP contribution in [-0.4, -0.2) is 45.6 Å². The van der Waals surface area contributed by atoms with Gasteiger partial charge in [0.25, 0.3) is 0 Å². The summed E-state index contributed by atoms with van der Waals surface area (Å²) in [6.07, 6.45) is 1.10. The van der Waals surface area contributed by atoms with E-state index >= 15 is 0 Å². The van der Waals surface area contributed by atoms with Crippen molar-refractivity contribution >= 4 is 10.0 Å². The minimum absolute atomic E-state index is 0.0605. The van der Waals surface area contributed by atoms with Crippen LogP contribution in [0.1, 0.15) is 39.7 Å². The van der Waals surface area contributed by atoms with Crippen LogP contribution in [0.25, 0.3) is 0 Å². The van der Waals surface area contributed by atoms with Gasteiger partial charge >= 0.3 is 0 Å². The molecule has 5 nitrogen and oxygen atoms in total. The molecule has 6 heteroatoms. The summed E-state index contributed by atoms with van der Waals surface area (Å²) >= 11 is 0. The zero-order valence-corrected chi connectivity index (χ0v) is 15.9. The standard InChI is InChI=1S/C17H30N2O3S/c1-7-15(5)19(6)11-10-18-23(20,21)16-8-9-17(14(4)12-16)22-13(2)3/h8-9,12-13,15,18H,7,10-11H2,1-6H3. The Morgan fingerprint density at radius 1 is 1.26 bits per heavy atom. The Kier molecular flexibility index (Phi) is 7.51. The van der Waals surface area contributed by atoms with E-state index in [9.17, 15) is 8.42 Å². The molecule has 0 aliphatic rings. The van der Waals surface area contributed by atoms with Crippen molar-refractivity contribution in [2.75, 3.05) is 20.1 Å². The number of sulfonamides is 1. The van der Waals surface area contributed by atoms with E-state index in [0.717, 1.165) is 17.7 Å². The van der Waals surface area contributed by atoms with Crippen LogP contribution in [0.2, 0.25) is 0 Å². The molecule has 1 atom stereocenters. The molecule has 0 fully saturated rings. The molecule has 1 N–H and O–H groups in total. The molecule has 0 heterocycles. The topological polar surface area (TPSA) is 58.6 Å². The van der Waals surface area contributed by atoms with Crippen LogP contribution < -0.4 is 9.46 Å². The molecule has 0 bridgehead atoms. The van der Waals surface area contributed by atoms with Gasteiger partial charge in [0.2, 0.25) is 10.0 Å². The summed E-state index contributed by atoms with van der Waals surface area (Å²) in [7, 11) is -1.48. The van der Waals surface area contributed by atoms with Crippen molar-refractivity contribution in [3.8, 4) is 5.75 Å². The largest absolute Gasteiger partial charge is 0.491 e. The number of nitrogens with one attached hydrogen (secondary N) is 1. The summed E-state index contributed by atoms with van der Waals surface area (Å²) < 4.78 is 33.0. The molecule has 0 aromatic heterocycles. The van der Waals surface area contributed by atoms with Gasteiger partial charge in [0.1, 0.15) is 5.75 Å². The molecule has 0 spiro atoms. The predicted octanol–water partition coefficient (Wildman–Crippen LogP) is 2.79. The van der Waals surface area contributed by atoms with Crippen molar-refractivity contribution < 1.29 is 13.2 Å². The summed E-state index contributed by atoms with van der Waals surface area (Å²) in [5.41, 5.74) is 0.818. The molecule has 0 aliphatic carbocycles. The normalized spacial score (nSPS) is 13.6. The highest BCUT2D eigenvalue weighted by molar-refractivity contribution is 7.89. The first-order valence-corrected chi connectivity index (χ1v) is 9.63. The van der Waals surface area contributed by atoms with E-state index in [4.69, 9.17) is 4.74 Å². The highest BCUT2D eigenvalue weighted by Crippen LogP contribution is 2.22.